The van der Waals surface area contributed by atoms with Crippen LogP contribution in [-0.4, -0.2) is 70.1 Å². The Balaban J connectivity index is 0.000000821. The molecule has 1 aliphatic heterocycles. The molecule has 0 aromatic heterocycles. The summed E-state index contributed by atoms with van der Waals surface area (Å²) in [5, 5.41) is 18.4. The molecule has 0 aromatic carbocycles. The maximum Gasteiger partial charge on any atom is 0.490 e. The normalized spacial score (nSPS) is 14.4. The van der Waals surface area contributed by atoms with E-state index in [1.54, 1.807) is 0 Å². The van der Waals surface area contributed by atoms with Crippen molar-refractivity contribution in [2.24, 2.45) is 5.73 Å². The molecule has 0 fully saturated rings. The van der Waals surface area contributed by atoms with Crippen molar-refractivity contribution in [3.05, 3.63) is 12.2 Å². The fourth-order valence-electron chi connectivity index (χ4n) is 1.72. The second-order valence-corrected chi connectivity index (χ2v) is 5.14. The zero-order valence-electron chi connectivity index (χ0n) is 13.9. The van der Waals surface area contributed by atoms with E-state index in [2.05, 4.69) is 5.32 Å². The molecule has 0 saturated heterocycles. The molecule has 0 spiro atoms. The molecular weight excluding hydrogens is 379 g/mol. The number of rotatable bonds is 8. The van der Waals surface area contributed by atoms with E-state index in [0.29, 0.717) is 19.4 Å². The number of nitrogens with zero attached hydrogens (tertiary/aromatic N) is 1. The molecule has 3 amide bonds. The number of alkyl halides is 3. The van der Waals surface area contributed by atoms with Gasteiger partial charge in [0.05, 0.1) is 0 Å². The van der Waals surface area contributed by atoms with Crippen molar-refractivity contribution in [1.29, 1.82) is 0 Å². The number of nitrogens with one attached hydrogen (secondary N) is 1. The summed E-state index contributed by atoms with van der Waals surface area (Å²) < 4.78 is 31.7. The molecule has 152 valence electrons. The quantitative estimate of drug-likeness (QED) is 0.306. The van der Waals surface area contributed by atoms with Gasteiger partial charge >= 0.3 is 18.1 Å². The van der Waals surface area contributed by atoms with Crippen molar-refractivity contribution in [2.75, 3.05) is 13.1 Å². The first-order chi connectivity index (χ1) is 12.4. The van der Waals surface area contributed by atoms with E-state index in [1.165, 1.54) is 0 Å². The van der Waals surface area contributed by atoms with Crippen LogP contribution in [0, 0.1) is 0 Å². The van der Waals surface area contributed by atoms with Crippen molar-refractivity contribution in [2.45, 2.75) is 31.5 Å². The van der Waals surface area contributed by atoms with Gasteiger partial charge in [-0.2, -0.15) is 13.2 Å². The van der Waals surface area contributed by atoms with Gasteiger partial charge in [0.15, 0.2) is 0 Å². The molecule has 5 N–H and O–H groups in total. The van der Waals surface area contributed by atoms with Crippen LogP contribution in [0.1, 0.15) is 19.3 Å². The van der Waals surface area contributed by atoms with Crippen LogP contribution in [0.25, 0.3) is 0 Å². The highest BCUT2D eigenvalue weighted by Gasteiger charge is 2.38. The summed E-state index contributed by atoms with van der Waals surface area (Å²) in [5.41, 5.74) is 5.31. The van der Waals surface area contributed by atoms with Gasteiger partial charge in [0, 0.05) is 12.2 Å². The van der Waals surface area contributed by atoms with Crippen LogP contribution in [0.2, 0.25) is 0 Å². The minimum Gasteiger partial charge on any atom is -0.480 e. The first-order valence-electron chi connectivity index (χ1n) is 7.46. The molecule has 1 rings (SSSR count). The van der Waals surface area contributed by atoms with E-state index in [0.717, 1.165) is 17.1 Å². The zero-order chi connectivity index (χ0) is 21.2. The molecule has 1 atom stereocenters. The number of hydrogen-bond donors (Lipinski definition) is 4. The summed E-state index contributed by atoms with van der Waals surface area (Å²) in [6.45, 7) is -0.0337. The summed E-state index contributed by atoms with van der Waals surface area (Å²) in [6, 6.07) is -1.05. The standard InChI is InChI=1S/C12H17N3O5.C2HF3O2/c13-6-2-1-3-8(12(19)20)14-9(16)7-15-10(17)4-5-11(15)18;3-2(4,5)1(6)7/h4-5,8H,1-3,6-7,13H2,(H,14,16)(H,19,20);(H,6,7)/t8-;/m0./s1. The number of amides is 3. The fourth-order valence-corrected chi connectivity index (χ4v) is 1.72. The summed E-state index contributed by atoms with van der Waals surface area (Å²) in [7, 11) is 0. The number of nitrogens with two attached hydrogens (primary N) is 1. The number of halogens is 3. The zero-order valence-corrected chi connectivity index (χ0v) is 13.9. The van der Waals surface area contributed by atoms with E-state index in [4.69, 9.17) is 20.7 Å². The average Bonchev–Trinajstić information content (AvgIpc) is 2.85. The number of carbonyl (C=O) groups excluding carboxylic acids is 3. The molecular formula is C14H18F3N3O7. The molecule has 0 unspecified atom stereocenters. The average molecular weight is 397 g/mol. The molecule has 27 heavy (non-hydrogen) atoms. The van der Waals surface area contributed by atoms with Gasteiger partial charge in [-0.25, -0.2) is 9.59 Å². The number of aliphatic carboxylic acids is 2. The van der Waals surface area contributed by atoms with Gasteiger partial charge in [0.1, 0.15) is 12.6 Å². The maximum absolute atomic E-state index is 11.7. The van der Waals surface area contributed by atoms with Gasteiger partial charge < -0.3 is 21.3 Å². The predicted molar refractivity (Wildman–Crippen MR) is 82.0 cm³/mol. The Kier molecular flexibility index (Phi) is 9.71. The van der Waals surface area contributed by atoms with Gasteiger partial charge in [0.2, 0.25) is 5.91 Å². The lowest BCUT2D eigenvalue weighted by Crippen LogP contribution is -2.46. The number of unbranched alkanes of at least 4 members (excludes halogenated alkanes) is 1. The van der Waals surface area contributed by atoms with E-state index in [-0.39, 0.29) is 6.42 Å². The van der Waals surface area contributed by atoms with E-state index >= 15 is 0 Å². The van der Waals surface area contributed by atoms with Gasteiger partial charge in [0.25, 0.3) is 11.8 Å². The van der Waals surface area contributed by atoms with Crippen molar-refractivity contribution < 1.29 is 47.4 Å². The summed E-state index contributed by atoms with van der Waals surface area (Å²) in [4.78, 5) is 54.8. The number of carboxylic acid groups (broad SMARTS) is 2. The Morgan fingerprint density at radius 3 is 1.96 bits per heavy atom. The number of hydrogen-bond acceptors (Lipinski definition) is 6. The minimum absolute atomic E-state index is 0.248. The van der Waals surface area contributed by atoms with Crippen LogP contribution in [-0.2, 0) is 24.0 Å². The second kappa shape index (κ2) is 10.9. The molecule has 10 nitrogen and oxygen atoms in total. The first kappa shape index (κ1) is 24.0. The molecule has 1 heterocycles. The summed E-state index contributed by atoms with van der Waals surface area (Å²) in [5.74, 6) is -5.77. The van der Waals surface area contributed by atoms with Gasteiger partial charge in [-0.3, -0.25) is 19.3 Å². The first-order valence-corrected chi connectivity index (χ1v) is 7.46. The molecule has 13 heteroatoms. The fraction of sp³-hybridized carbons (Fsp3) is 0.500. The minimum atomic E-state index is -5.08. The van der Waals surface area contributed by atoms with E-state index in [1.807, 2.05) is 0 Å². The number of carboxylic acids is 2. The van der Waals surface area contributed by atoms with Crippen molar-refractivity contribution in [3.63, 3.8) is 0 Å². The Morgan fingerprint density at radius 1 is 1.11 bits per heavy atom. The van der Waals surface area contributed by atoms with E-state index < -0.39 is 48.4 Å². The van der Waals surface area contributed by atoms with Gasteiger partial charge in [-0.15, -0.1) is 0 Å². The lowest BCUT2D eigenvalue weighted by atomic mass is 10.1. The third kappa shape index (κ3) is 9.34. The van der Waals surface area contributed by atoms with Crippen molar-refractivity contribution in [1.82, 2.24) is 10.2 Å². The Hall–Kier alpha value is -2.96. The monoisotopic (exact) mass is 397 g/mol. The highest BCUT2D eigenvalue weighted by Crippen LogP contribution is 2.13. The molecule has 0 saturated carbocycles. The van der Waals surface area contributed by atoms with Crippen LogP contribution in [0.15, 0.2) is 12.2 Å². The smallest absolute Gasteiger partial charge is 0.480 e. The highest BCUT2D eigenvalue weighted by atomic mass is 19.4. The topological polar surface area (TPSA) is 167 Å². The van der Waals surface area contributed by atoms with Gasteiger partial charge in [-0.05, 0) is 25.8 Å². The third-order valence-corrected chi connectivity index (χ3v) is 3.03. The Morgan fingerprint density at radius 2 is 1.59 bits per heavy atom. The van der Waals surface area contributed by atoms with Crippen molar-refractivity contribution >= 4 is 29.7 Å². The molecule has 1 aliphatic rings. The highest BCUT2D eigenvalue weighted by molar-refractivity contribution is 6.14. The summed E-state index contributed by atoms with van der Waals surface area (Å²) in [6.07, 6.45) is -1.49. The van der Waals surface area contributed by atoms with Crippen LogP contribution in [0.5, 0.6) is 0 Å². The van der Waals surface area contributed by atoms with Gasteiger partial charge in [-0.1, -0.05) is 0 Å². The van der Waals surface area contributed by atoms with E-state index in [9.17, 15) is 32.3 Å². The Bertz CT molecular complexity index is 602. The molecule has 0 bridgehead atoms. The lowest BCUT2D eigenvalue weighted by Gasteiger charge is -2.17. The van der Waals surface area contributed by atoms with Crippen molar-refractivity contribution in [3.8, 4) is 0 Å². The Labute approximate surface area is 150 Å². The molecule has 0 aliphatic carbocycles. The lowest BCUT2D eigenvalue weighted by molar-refractivity contribution is -0.192. The number of carbonyl (C=O) groups is 5. The number of imide groups is 1. The van der Waals surface area contributed by atoms with Crippen LogP contribution in [0.4, 0.5) is 13.2 Å². The maximum atomic E-state index is 11.7. The third-order valence-electron chi connectivity index (χ3n) is 3.03. The predicted octanol–water partition coefficient (Wildman–Crippen LogP) is -0.757. The SMILES string of the molecule is NCCCC[C@H](NC(=O)CN1C(=O)C=CC1=O)C(=O)O.O=C(O)C(F)(F)F. The second-order valence-electron chi connectivity index (χ2n) is 5.14. The molecule has 0 radical (unpaired) electrons. The van der Waals surface area contributed by atoms with Crippen LogP contribution < -0.4 is 11.1 Å². The summed E-state index contributed by atoms with van der Waals surface area (Å²) >= 11 is 0. The van der Waals surface area contributed by atoms with Crippen LogP contribution >= 0.6 is 0 Å². The van der Waals surface area contributed by atoms with Crippen LogP contribution in [0.3, 0.4) is 0 Å². The largest absolute Gasteiger partial charge is 0.490 e. The molecule has 0 aromatic rings.